The van der Waals surface area contributed by atoms with E-state index >= 15 is 0 Å². The molecule has 16 heteroatoms. The summed E-state index contributed by atoms with van der Waals surface area (Å²) in [6, 6.07) is 0. The fourth-order valence-corrected chi connectivity index (χ4v) is 4.03. The van der Waals surface area contributed by atoms with E-state index in [2.05, 4.69) is 0 Å². The molecule has 1 unspecified atom stereocenters. The predicted octanol–water partition coefficient (Wildman–Crippen LogP) is -7.57. The number of aliphatic hydroxyl groups is 11. The summed E-state index contributed by atoms with van der Waals surface area (Å²) in [7, 11) is 0. The van der Waals surface area contributed by atoms with Crippen LogP contribution in [0, 0.1) is 0 Å². The van der Waals surface area contributed by atoms with Crippen molar-refractivity contribution in [3.8, 4) is 0 Å². The van der Waals surface area contributed by atoms with Gasteiger partial charge in [0.05, 0.1) is 19.8 Å². The zero-order valence-corrected chi connectivity index (χ0v) is 17.7. The molecule has 0 aromatic rings. The van der Waals surface area contributed by atoms with Crippen molar-refractivity contribution in [2.45, 2.75) is 92.1 Å². The molecule has 11 N–H and O–H groups in total. The number of aliphatic hydroxyl groups excluding tert-OH is 11. The van der Waals surface area contributed by atoms with E-state index in [9.17, 15) is 51.1 Å². The molecule has 3 fully saturated rings. The van der Waals surface area contributed by atoms with E-state index in [0.717, 1.165) is 0 Å². The van der Waals surface area contributed by atoms with Crippen LogP contribution >= 0.6 is 0 Å². The van der Waals surface area contributed by atoms with Crippen LogP contribution in [0.4, 0.5) is 0 Å². The molecule has 0 aromatic carbocycles. The molecular formula is C18H32O16. The Morgan fingerprint density at radius 1 is 0.441 bits per heavy atom. The van der Waals surface area contributed by atoms with Gasteiger partial charge in [0.2, 0.25) is 0 Å². The SMILES string of the molecule is OC[C@H]1O[C@H](O[C@H]2[C@H](O)[C@@H](CO)OC(O[C@@H]3[C@@H](O)[C@H](O)[C@@H](CO)O[C@H]3O)[C@@H]2O)[C@H](O)[C@@H](O)[C@@H]1O. The van der Waals surface area contributed by atoms with E-state index in [4.69, 9.17) is 28.8 Å². The van der Waals surface area contributed by atoms with Crippen molar-refractivity contribution in [3.63, 3.8) is 0 Å². The predicted molar refractivity (Wildman–Crippen MR) is 101 cm³/mol. The van der Waals surface area contributed by atoms with Gasteiger partial charge in [-0.1, -0.05) is 0 Å². The largest absolute Gasteiger partial charge is 0.394 e. The molecule has 16 nitrogen and oxygen atoms in total. The van der Waals surface area contributed by atoms with Gasteiger partial charge in [-0.05, 0) is 0 Å². The molecule has 3 saturated heterocycles. The highest BCUT2D eigenvalue weighted by molar-refractivity contribution is 4.96. The van der Waals surface area contributed by atoms with Gasteiger partial charge in [-0.2, -0.15) is 0 Å². The Morgan fingerprint density at radius 2 is 0.882 bits per heavy atom. The summed E-state index contributed by atoms with van der Waals surface area (Å²) in [5.41, 5.74) is 0. The van der Waals surface area contributed by atoms with Crippen LogP contribution in [0.5, 0.6) is 0 Å². The molecule has 0 spiro atoms. The fraction of sp³-hybridized carbons (Fsp3) is 1.00. The van der Waals surface area contributed by atoms with Crippen LogP contribution in [0.25, 0.3) is 0 Å². The highest BCUT2D eigenvalue weighted by atomic mass is 16.8. The van der Waals surface area contributed by atoms with Crippen LogP contribution in [0.15, 0.2) is 0 Å². The van der Waals surface area contributed by atoms with Crippen LogP contribution in [-0.4, -0.2) is 168 Å². The molecule has 0 radical (unpaired) electrons. The second-order valence-corrected chi connectivity index (χ2v) is 8.33. The number of hydrogen-bond acceptors (Lipinski definition) is 16. The van der Waals surface area contributed by atoms with Crippen molar-refractivity contribution in [2.24, 2.45) is 0 Å². The Bertz CT molecular complexity index is 639. The molecule has 0 aromatic heterocycles. The van der Waals surface area contributed by atoms with Crippen molar-refractivity contribution in [2.75, 3.05) is 19.8 Å². The van der Waals surface area contributed by atoms with E-state index < -0.39 is 112 Å². The lowest BCUT2D eigenvalue weighted by Crippen LogP contribution is -2.66. The Balaban J connectivity index is 1.76. The Hall–Kier alpha value is -0.640. The summed E-state index contributed by atoms with van der Waals surface area (Å²) >= 11 is 0. The minimum Gasteiger partial charge on any atom is -0.394 e. The van der Waals surface area contributed by atoms with Crippen LogP contribution in [0.1, 0.15) is 0 Å². The van der Waals surface area contributed by atoms with Crippen LogP contribution in [-0.2, 0) is 23.7 Å². The lowest BCUT2D eigenvalue weighted by atomic mass is 9.96. The first-order chi connectivity index (χ1) is 16.0. The van der Waals surface area contributed by atoms with Crippen molar-refractivity contribution >= 4 is 0 Å². The van der Waals surface area contributed by atoms with E-state index in [0.29, 0.717) is 0 Å². The van der Waals surface area contributed by atoms with Crippen LogP contribution in [0.3, 0.4) is 0 Å². The van der Waals surface area contributed by atoms with E-state index in [-0.39, 0.29) is 0 Å². The lowest BCUT2D eigenvalue weighted by Gasteiger charge is -2.47. The third kappa shape index (κ3) is 5.37. The summed E-state index contributed by atoms with van der Waals surface area (Å²) in [5, 5.41) is 110. The molecule has 0 bridgehead atoms. The lowest BCUT2D eigenvalue weighted by molar-refractivity contribution is -0.382. The van der Waals surface area contributed by atoms with Gasteiger partial charge in [-0.3, -0.25) is 0 Å². The van der Waals surface area contributed by atoms with Gasteiger partial charge in [0, 0.05) is 0 Å². The first kappa shape index (κ1) is 27.9. The molecule has 0 amide bonds. The van der Waals surface area contributed by atoms with E-state index in [1.165, 1.54) is 0 Å². The van der Waals surface area contributed by atoms with Crippen molar-refractivity contribution in [3.05, 3.63) is 0 Å². The molecule has 3 rings (SSSR count). The van der Waals surface area contributed by atoms with Gasteiger partial charge in [0.1, 0.15) is 73.2 Å². The number of rotatable bonds is 7. The molecule has 3 heterocycles. The summed E-state index contributed by atoms with van der Waals surface area (Å²) in [6.45, 7) is -2.30. The molecule has 3 aliphatic heterocycles. The summed E-state index contributed by atoms with van der Waals surface area (Å²) < 4.78 is 26.2. The second-order valence-electron chi connectivity index (χ2n) is 8.33. The zero-order chi connectivity index (χ0) is 25.3. The summed E-state index contributed by atoms with van der Waals surface area (Å²) in [5.74, 6) is 0. The van der Waals surface area contributed by atoms with Gasteiger partial charge < -0.3 is 79.9 Å². The third-order valence-corrected chi connectivity index (χ3v) is 6.10. The highest BCUT2D eigenvalue weighted by Gasteiger charge is 2.53. The average molecular weight is 504 g/mol. The molecule has 34 heavy (non-hydrogen) atoms. The van der Waals surface area contributed by atoms with E-state index in [1.807, 2.05) is 0 Å². The van der Waals surface area contributed by atoms with Gasteiger partial charge in [-0.15, -0.1) is 0 Å². The van der Waals surface area contributed by atoms with Crippen LogP contribution < -0.4 is 0 Å². The highest BCUT2D eigenvalue weighted by Crippen LogP contribution is 2.32. The molecule has 200 valence electrons. The fourth-order valence-electron chi connectivity index (χ4n) is 4.03. The minimum absolute atomic E-state index is 0.724. The first-order valence-corrected chi connectivity index (χ1v) is 10.6. The molecule has 0 aliphatic carbocycles. The Morgan fingerprint density at radius 3 is 1.44 bits per heavy atom. The second kappa shape index (κ2) is 11.6. The smallest absolute Gasteiger partial charge is 0.187 e. The standard InChI is InChI=1S/C18H32O16/c19-1-4-8(23)11(26)15(16(29)30-4)34-18-13(28)14(9(24)6(3-21)32-18)33-17-12(27)10(25)7(22)5(2-20)31-17/h4-29H,1-3H2/t4-,5-,6-,7-,8-,9-,10+,11+,12-,13-,14+,15-,16-,17-,18?/m1/s1. The Kier molecular flexibility index (Phi) is 9.54. The number of hydrogen-bond donors (Lipinski definition) is 11. The number of ether oxygens (including phenoxy) is 5. The third-order valence-electron chi connectivity index (χ3n) is 6.10. The monoisotopic (exact) mass is 504 g/mol. The molecule has 0 saturated carbocycles. The Labute approximate surface area is 192 Å². The zero-order valence-electron chi connectivity index (χ0n) is 17.7. The maximum absolute atomic E-state index is 10.7. The van der Waals surface area contributed by atoms with Crippen LogP contribution in [0.2, 0.25) is 0 Å². The summed E-state index contributed by atoms with van der Waals surface area (Å²) in [4.78, 5) is 0. The quantitative estimate of drug-likeness (QED) is 0.154. The van der Waals surface area contributed by atoms with Gasteiger partial charge >= 0.3 is 0 Å². The molecule has 15 atom stereocenters. The minimum atomic E-state index is -1.92. The first-order valence-electron chi connectivity index (χ1n) is 10.6. The topological polar surface area (TPSA) is 269 Å². The van der Waals surface area contributed by atoms with Gasteiger partial charge in [0.15, 0.2) is 18.9 Å². The van der Waals surface area contributed by atoms with Crippen molar-refractivity contribution in [1.82, 2.24) is 0 Å². The van der Waals surface area contributed by atoms with E-state index in [1.54, 1.807) is 0 Å². The molecular weight excluding hydrogens is 472 g/mol. The van der Waals surface area contributed by atoms with Gasteiger partial charge in [-0.25, -0.2) is 0 Å². The van der Waals surface area contributed by atoms with Crippen molar-refractivity contribution < 1.29 is 79.9 Å². The maximum Gasteiger partial charge on any atom is 0.187 e. The normalized spacial score (nSPS) is 52.5. The van der Waals surface area contributed by atoms with Crippen molar-refractivity contribution in [1.29, 1.82) is 0 Å². The molecule has 3 aliphatic rings. The average Bonchev–Trinajstić information content (AvgIpc) is 2.82. The van der Waals surface area contributed by atoms with Gasteiger partial charge in [0.25, 0.3) is 0 Å². The maximum atomic E-state index is 10.7. The summed E-state index contributed by atoms with van der Waals surface area (Å²) in [6.07, 6.45) is -25.5.